The van der Waals surface area contributed by atoms with E-state index in [2.05, 4.69) is 4.98 Å². The molecule has 0 saturated carbocycles. The van der Waals surface area contributed by atoms with Gasteiger partial charge in [-0.3, -0.25) is 4.79 Å². The molecular weight excluding hydrogens is 268 g/mol. The van der Waals surface area contributed by atoms with Gasteiger partial charge in [-0.15, -0.1) is 0 Å². The summed E-state index contributed by atoms with van der Waals surface area (Å²) in [4.78, 5) is 30.0. The zero-order valence-corrected chi connectivity index (χ0v) is 11.7. The number of piperazine rings is 1. The van der Waals surface area contributed by atoms with Crippen molar-refractivity contribution in [3.8, 4) is 0 Å². The highest BCUT2D eigenvalue weighted by atomic mass is 16.2. The van der Waals surface area contributed by atoms with Gasteiger partial charge in [-0.2, -0.15) is 0 Å². The van der Waals surface area contributed by atoms with Gasteiger partial charge in [0, 0.05) is 43.3 Å². The van der Waals surface area contributed by atoms with Crippen LogP contribution in [-0.2, 0) is 11.2 Å². The Morgan fingerprint density at radius 1 is 1.10 bits per heavy atom. The van der Waals surface area contributed by atoms with Crippen molar-refractivity contribution in [3.63, 3.8) is 0 Å². The Morgan fingerprint density at radius 2 is 1.76 bits per heavy atom. The number of hydrogen-bond donors (Lipinski definition) is 2. The van der Waals surface area contributed by atoms with Crippen molar-refractivity contribution in [1.29, 1.82) is 0 Å². The van der Waals surface area contributed by atoms with Gasteiger partial charge in [-0.25, -0.2) is 4.79 Å². The van der Waals surface area contributed by atoms with Crippen LogP contribution in [0.4, 0.5) is 4.79 Å². The number of para-hydroxylation sites is 1. The maximum absolute atomic E-state index is 12.4. The van der Waals surface area contributed by atoms with E-state index in [4.69, 9.17) is 5.73 Å². The van der Waals surface area contributed by atoms with Gasteiger partial charge in [0.1, 0.15) is 0 Å². The summed E-state index contributed by atoms with van der Waals surface area (Å²) in [5, 5.41) is 1.08. The second-order valence-electron chi connectivity index (χ2n) is 5.24. The molecule has 0 bridgehead atoms. The highest BCUT2D eigenvalue weighted by Crippen LogP contribution is 2.19. The molecule has 6 heteroatoms. The fraction of sp³-hybridized carbons (Fsp3) is 0.333. The Bertz CT molecular complexity index is 671. The molecule has 1 aliphatic heterocycles. The maximum atomic E-state index is 12.4. The summed E-state index contributed by atoms with van der Waals surface area (Å²) in [5.41, 5.74) is 7.29. The van der Waals surface area contributed by atoms with Gasteiger partial charge in [0.15, 0.2) is 0 Å². The van der Waals surface area contributed by atoms with E-state index in [0.29, 0.717) is 32.6 Å². The fourth-order valence-corrected chi connectivity index (χ4v) is 2.73. The van der Waals surface area contributed by atoms with Crippen LogP contribution >= 0.6 is 0 Å². The van der Waals surface area contributed by atoms with Gasteiger partial charge in [0.25, 0.3) is 0 Å². The average molecular weight is 286 g/mol. The van der Waals surface area contributed by atoms with Crippen LogP contribution in [0.1, 0.15) is 5.56 Å². The first-order valence-corrected chi connectivity index (χ1v) is 7.02. The number of urea groups is 1. The number of carbonyl (C=O) groups is 2. The summed E-state index contributed by atoms with van der Waals surface area (Å²) >= 11 is 0. The van der Waals surface area contributed by atoms with Gasteiger partial charge in [0.05, 0.1) is 6.42 Å². The van der Waals surface area contributed by atoms with Gasteiger partial charge in [0.2, 0.25) is 5.91 Å². The molecule has 1 fully saturated rings. The number of hydrogen-bond acceptors (Lipinski definition) is 2. The lowest BCUT2D eigenvalue weighted by Gasteiger charge is -2.33. The SMILES string of the molecule is NC(=O)N1CCN(C(=O)Cc2c[nH]c3ccccc23)CC1. The summed E-state index contributed by atoms with van der Waals surface area (Å²) < 4.78 is 0. The molecule has 0 radical (unpaired) electrons. The molecule has 1 aliphatic rings. The summed E-state index contributed by atoms with van der Waals surface area (Å²) in [7, 11) is 0. The molecule has 0 unspecified atom stereocenters. The van der Waals surface area contributed by atoms with Crippen molar-refractivity contribution in [1.82, 2.24) is 14.8 Å². The van der Waals surface area contributed by atoms with Gasteiger partial charge < -0.3 is 20.5 Å². The smallest absolute Gasteiger partial charge is 0.314 e. The number of amides is 3. The van der Waals surface area contributed by atoms with Crippen LogP contribution < -0.4 is 5.73 Å². The number of fused-ring (bicyclic) bond motifs is 1. The monoisotopic (exact) mass is 286 g/mol. The van der Waals surface area contributed by atoms with Gasteiger partial charge in [-0.05, 0) is 11.6 Å². The third kappa shape index (κ3) is 2.69. The molecule has 0 spiro atoms. The number of carbonyl (C=O) groups excluding carboxylic acids is 2. The number of aromatic amines is 1. The number of aromatic nitrogens is 1. The van der Waals surface area contributed by atoms with Gasteiger partial charge >= 0.3 is 6.03 Å². The molecule has 1 saturated heterocycles. The first-order chi connectivity index (χ1) is 10.1. The van der Waals surface area contributed by atoms with E-state index in [1.807, 2.05) is 30.5 Å². The predicted molar refractivity (Wildman–Crippen MR) is 79.7 cm³/mol. The summed E-state index contributed by atoms with van der Waals surface area (Å²) in [6.45, 7) is 2.11. The Kier molecular flexibility index (Phi) is 3.51. The molecule has 6 nitrogen and oxygen atoms in total. The normalized spacial score (nSPS) is 15.4. The maximum Gasteiger partial charge on any atom is 0.314 e. The van der Waals surface area contributed by atoms with Crippen LogP contribution in [0.15, 0.2) is 30.5 Å². The number of primary amides is 1. The summed E-state index contributed by atoms with van der Waals surface area (Å²) in [6.07, 6.45) is 2.27. The average Bonchev–Trinajstić information content (AvgIpc) is 2.91. The summed E-state index contributed by atoms with van der Waals surface area (Å²) in [5.74, 6) is 0.0869. The zero-order chi connectivity index (χ0) is 14.8. The topological polar surface area (TPSA) is 82.4 Å². The van der Waals surface area contributed by atoms with Crippen LogP contribution in [0.5, 0.6) is 0 Å². The molecule has 3 N–H and O–H groups in total. The first-order valence-electron chi connectivity index (χ1n) is 7.02. The molecule has 1 aromatic carbocycles. The third-order valence-electron chi connectivity index (χ3n) is 3.96. The van der Waals surface area contributed by atoms with E-state index in [1.54, 1.807) is 9.80 Å². The standard InChI is InChI=1S/C15H18N4O2/c16-15(21)19-7-5-18(6-8-19)14(20)9-11-10-17-13-4-2-1-3-12(11)13/h1-4,10,17H,5-9H2,(H2,16,21). The third-order valence-corrected chi connectivity index (χ3v) is 3.96. The minimum absolute atomic E-state index is 0.0869. The number of H-pyrrole nitrogens is 1. The summed E-state index contributed by atoms with van der Waals surface area (Å²) in [6, 6.07) is 7.52. The number of nitrogens with two attached hydrogens (primary N) is 1. The molecule has 1 aromatic heterocycles. The lowest BCUT2D eigenvalue weighted by atomic mass is 10.1. The molecule has 2 aromatic rings. The van der Waals surface area contributed by atoms with Crippen molar-refractivity contribution in [3.05, 3.63) is 36.0 Å². The second-order valence-corrected chi connectivity index (χ2v) is 5.24. The molecular formula is C15H18N4O2. The molecule has 3 rings (SSSR count). The Labute approximate surface area is 122 Å². The highest BCUT2D eigenvalue weighted by Gasteiger charge is 2.23. The molecule has 0 atom stereocenters. The van der Waals surface area contributed by atoms with E-state index >= 15 is 0 Å². The van der Waals surface area contributed by atoms with Crippen molar-refractivity contribution in [2.24, 2.45) is 5.73 Å². The molecule has 2 heterocycles. The van der Waals surface area contributed by atoms with E-state index in [-0.39, 0.29) is 5.91 Å². The minimum atomic E-state index is -0.418. The van der Waals surface area contributed by atoms with E-state index in [9.17, 15) is 9.59 Å². The van der Waals surface area contributed by atoms with Crippen LogP contribution in [0.2, 0.25) is 0 Å². The zero-order valence-electron chi connectivity index (χ0n) is 11.7. The molecule has 110 valence electrons. The predicted octanol–water partition coefficient (Wildman–Crippen LogP) is 0.933. The number of nitrogens with one attached hydrogen (secondary N) is 1. The fourth-order valence-electron chi connectivity index (χ4n) is 2.73. The Balaban J connectivity index is 1.66. The Hall–Kier alpha value is -2.50. The van der Waals surface area contributed by atoms with Gasteiger partial charge in [-0.1, -0.05) is 18.2 Å². The van der Waals surface area contributed by atoms with E-state index in [0.717, 1.165) is 16.5 Å². The highest BCUT2D eigenvalue weighted by molar-refractivity contribution is 5.89. The minimum Gasteiger partial charge on any atom is -0.361 e. The number of benzene rings is 1. The lowest BCUT2D eigenvalue weighted by molar-refractivity contribution is -0.131. The van der Waals surface area contributed by atoms with Crippen LogP contribution in [-0.4, -0.2) is 52.9 Å². The number of nitrogens with zero attached hydrogens (tertiary/aromatic N) is 2. The van der Waals surface area contributed by atoms with Crippen molar-refractivity contribution >= 4 is 22.8 Å². The second kappa shape index (κ2) is 5.47. The van der Waals surface area contributed by atoms with Crippen molar-refractivity contribution < 1.29 is 9.59 Å². The molecule has 0 aliphatic carbocycles. The molecule has 3 amide bonds. The van der Waals surface area contributed by atoms with Crippen LogP contribution in [0.3, 0.4) is 0 Å². The van der Waals surface area contributed by atoms with Crippen molar-refractivity contribution in [2.75, 3.05) is 26.2 Å². The largest absolute Gasteiger partial charge is 0.361 e. The number of rotatable bonds is 2. The lowest BCUT2D eigenvalue weighted by Crippen LogP contribution is -2.52. The molecule has 21 heavy (non-hydrogen) atoms. The van der Waals surface area contributed by atoms with Crippen LogP contribution in [0.25, 0.3) is 10.9 Å². The van der Waals surface area contributed by atoms with Crippen molar-refractivity contribution in [2.45, 2.75) is 6.42 Å². The quantitative estimate of drug-likeness (QED) is 0.861. The van der Waals surface area contributed by atoms with Crippen LogP contribution in [0, 0.1) is 0 Å². The van der Waals surface area contributed by atoms with E-state index < -0.39 is 6.03 Å². The first kappa shape index (κ1) is 13.5. The van der Waals surface area contributed by atoms with E-state index in [1.165, 1.54) is 0 Å². The Morgan fingerprint density at radius 3 is 2.48 bits per heavy atom.